The molecule has 3 rings (SSSR count). The molecule has 0 aliphatic rings. The van der Waals surface area contributed by atoms with Gasteiger partial charge >= 0.3 is 0 Å². The Morgan fingerprint density at radius 2 is 2.04 bits per heavy atom. The number of hydrogen-bond acceptors (Lipinski definition) is 6. The molecule has 0 aliphatic heterocycles. The molecule has 0 bridgehead atoms. The summed E-state index contributed by atoms with van der Waals surface area (Å²) in [7, 11) is 0. The van der Waals surface area contributed by atoms with Crippen molar-refractivity contribution in [1.29, 1.82) is 0 Å². The number of ether oxygens (including phenoxy) is 1. The van der Waals surface area contributed by atoms with Crippen molar-refractivity contribution < 1.29 is 9.84 Å². The van der Waals surface area contributed by atoms with Crippen molar-refractivity contribution in [3.63, 3.8) is 0 Å². The maximum absolute atomic E-state index is 9.91. The van der Waals surface area contributed by atoms with Crippen molar-refractivity contribution in [1.82, 2.24) is 20.5 Å². The minimum Gasteiger partial charge on any atom is -0.491 e. The third-order valence-electron chi connectivity index (χ3n) is 3.54. The van der Waals surface area contributed by atoms with E-state index in [0.717, 1.165) is 35.6 Å². The number of aliphatic hydroxyl groups is 1. The van der Waals surface area contributed by atoms with E-state index < -0.39 is 6.10 Å². The van der Waals surface area contributed by atoms with E-state index in [2.05, 4.69) is 25.8 Å². The van der Waals surface area contributed by atoms with Crippen LogP contribution in [0, 0.1) is 0 Å². The Kier molecular flexibility index (Phi) is 5.60. The SMILES string of the molecule is OC(CNCCNc1ccnc2[nH]ncc12)COc1ccccc1. The summed E-state index contributed by atoms with van der Waals surface area (Å²) in [6.07, 6.45) is 2.94. The van der Waals surface area contributed by atoms with Gasteiger partial charge in [-0.25, -0.2) is 4.98 Å². The molecule has 1 unspecified atom stereocenters. The standard InChI is InChI=1S/C17H21N5O2/c23-13(12-24-14-4-2-1-3-5-14)10-18-8-9-19-16-6-7-20-17-15(16)11-21-22-17/h1-7,11,13,18,23H,8-10,12H2,(H2,19,20,21,22). The number of para-hydroxylation sites is 1. The number of aromatic amines is 1. The average Bonchev–Trinajstić information content (AvgIpc) is 3.10. The topological polar surface area (TPSA) is 95.1 Å². The van der Waals surface area contributed by atoms with E-state index in [1.54, 1.807) is 12.4 Å². The van der Waals surface area contributed by atoms with Gasteiger partial charge in [-0.3, -0.25) is 5.10 Å². The van der Waals surface area contributed by atoms with Gasteiger partial charge in [-0.1, -0.05) is 18.2 Å². The molecular formula is C17H21N5O2. The zero-order valence-electron chi connectivity index (χ0n) is 13.3. The highest BCUT2D eigenvalue weighted by Gasteiger charge is 2.05. The molecule has 0 spiro atoms. The number of benzene rings is 1. The van der Waals surface area contributed by atoms with Gasteiger partial charge in [0.15, 0.2) is 5.65 Å². The van der Waals surface area contributed by atoms with Crippen molar-refractivity contribution in [3.8, 4) is 5.75 Å². The Labute approximate surface area is 140 Å². The smallest absolute Gasteiger partial charge is 0.157 e. The summed E-state index contributed by atoms with van der Waals surface area (Å²) in [6, 6.07) is 11.4. The van der Waals surface area contributed by atoms with Crippen LogP contribution in [0.25, 0.3) is 11.0 Å². The van der Waals surface area contributed by atoms with Crippen LogP contribution in [0.2, 0.25) is 0 Å². The minimum absolute atomic E-state index is 0.268. The quantitative estimate of drug-likeness (QED) is 0.444. The Hall–Kier alpha value is -2.64. The summed E-state index contributed by atoms with van der Waals surface area (Å²) in [5, 5.41) is 24.2. The lowest BCUT2D eigenvalue weighted by molar-refractivity contribution is 0.107. The van der Waals surface area contributed by atoms with Crippen LogP contribution in [0.1, 0.15) is 0 Å². The molecule has 0 amide bonds. The third-order valence-corrected chi connectivity index (χ3v) is 3.54. The highest BCUT2D eigenvalue weighted by molar-refractivity contribution is 5.87. The number of H-pyrrole nitrogens is 1. The number of nitrogens with one attached hydrogen (secondary N) is 3. The first-order valence-corrected chi connectivity index (χ1v) is 7.91. The first kappa shape index (κ1) is 16.2. The van der Waals surface area contributed by atoms with Gasteiger partial charge in [0.2, 0.25) is 0 Å². The molecule has 7 heteroatoms. The van der Waals surface area contributed by atoms with Crippen molar-refractivity contribution in [2.75, 3.05) is 31.6 Å². The second kappa shape index (κ2) is 8.28. The molecule has 1 aromatic carbocycles. The van der Waals surface area contributed by atoms with Crippen LogP contribution in [0.5, 0.6) is 5.75 Å². The number of aromatic nitrogens is 3. The first-order chi connectivity index (χ1) is 11.8. The number of hydrogen-bond donors (Lipinski definition) is 4. The van der Waals surface area contributed by atoms with Gasteiger partial charge in [0.1, 0.15) is 18.5 Å². The summed E-state index contributed by atoms with van der Waals surface area (Å²) in [6.45, 7) is 2.21. The Balaban J connectivity index is 1.33. The van der Waals surface area contributed by atoms with Gasteiger partial charge in [-0.2, -0.15) is 5.10 Å². The molecule has 0 radical (unpaired) electrons. The molecular weight excluding hydrogens is 306 g/mol. The number of aliphatic hydroxyl groups excluding tert-OH is 1. The summed E-state index contributed by atoms with van der Waals surface area (Å²) >= 11 is 0. The molecule has 0 saturated carbocycles. The number of pyridine rings is 1. The van der Waals surface area contributed by atoms with Crippen molar-refractivity contribution in [3.05, 3.63) is 48.8 Å². The fourth-order valence-corrected chi connectivity index (χ4v) is 2.33. The molecule has 0 fully saturated rings. The predicted molar refractivity (Wildman–Crippen MR) is 93.2 cm³/mol. The van der Waals surface area contributed by atoms with Crippen LogP contribution in [0.3, 0.4) is 0 Å². The van der Waals surface area contributed by atoms with Crippen molar-refractivity contribution >= 4 is 16.7 Å². The minimum atomic E-state index is -0.549. The molecule has 24 heavy (non-hydrogen) atoms. The first-order valence-electron chi connectivity index (χ1n) is 7.91. The number of rotatable bonds is 9. The van der Waals surface area contributed by atoms with Gasteiger partial charge in [-0.15, -0.1) is 0 Å². The van der Waals surface area contributed by atoms with E-state index in [4.69, 9.17) is 4.74 Å². The second-order valence-corrected chi connectivity index (χ2v) is 5.40. The van der Waals surface area contributed by atoms with Crippen LogP contribution < -0.4 is 15.4 Å². The van der Waals surface area contributed by atoms with Gasteiger partial charge < -0.3 is 20.5 Å². The molecule has 1 atom stereocenters. The Morgan fingerprint density at radius 1 is 1.17 bits per heavy atom. The molecule has 2 aromatic heterocycles. The average molecular weight is 327 g/mol. The largest absolute Gasteiger partial charge is 0.491 e. The lowest BCUT2D eigenvalue weighted by Crippen LogP contribution is -2.34. The highest BCUT2D eigenvalue weighted by Crippen LogP contribution is 2.18. The molecule has 0 aliphatic carbocycles. The number of nitrogens with zero attached hydrogens (tertiary/aromatic N) is 2. The lowest BCUT2D eigenvalue weighted by atomic mass is 10.3. The third kappa shape index (κ3) is 4.43. The van der Waals surface area contributed by atoms with Gasteiger partial charge in [0.05, 0.1) is 11.6 Å². The van der Waals surface area contributed by atoms with Crippen LogP contribution >= 0.6 is 0 Å². The summed E-state index contributed by atoms with van der Waals surface area (Å²) in [5.74, 6) is 0.764. The van der Waals surface area contributed by atoms with E-state index in [9.17, 15) is 5.11 Å². The van der Waals surface area contributed by atoms with Gasteiger partial charge in [-0.05, 0) is 18.2 Å². The second-order valence-electron chi connectivity index (χ2n) is 5.40. The molecule has 3 aromatic rings. The normalized spacial score (nSPS) is 12.2. The molecule has 2 heterocycles. The predicted octanol–water partition coefficient (Wildman–Crippen LogP) is 1.40. The summed E-state index contributed by atoms with van der Waals surface area (Å²) in [4.78, 5) is 4.19. The lowest BCUT2D eigenvalue weighted by Gasteiger charge is -2.14. The van der Waals surface area contributed by atoms with Crippen LogP contribution in [0.4, 0.5) is 5.69 Å². The van der Waals surface area contributed by atoms with Crippen molar-refractivity contribution in [2.24, 2.45) is 0 Å². The van der Waals surface area contributed by atoms with Crippen LogP contribution in [-0.2, 0) is 0 Å². The van der Waals surface area contributed by atoms with Crippen LogP contribution in [-0.4, -0.2) is 52.6 Å². The Bertz CT molecular complexity index is 747. The van der Waals surface area contributed by atoms with Crippen molar-refractivity contribution in [2.45, 2.75) is 6.10 Å². The molecule has 0 saturated heterocycles. The van der Waals surface area contributed by atoms with Crippen LogP contribution in [0.15, 0.2) is 48.8 Å². The van der Waals surface area contributed by atoms with E-state index in [1.807, 2.05) is 36.4 Å². The number of anilines is 1. The van der Waals surface area contributed by atoms with Gasteiger partial charge in [0.25, 0.3) is 0 Å². The fraction of sp³-hybridized carbons (Fsp3) is 0.294. The molecule has 4 N–H and O–H groups in total. The van der Waals surface area contributed by atoms with E-state index in [1.165, 1.54) is 0 Å². The Morgan fingerprint density at radius 3 is 2.92 bits per heavy atom. The highest BCUT2D eigenvalue weighted by atomic mass is 16.5. The maximum atomic E-state index is 9.91. The maximum Gasteiger partial charge on any atom is 0.157 e. The summed E-state index contributed by atoms with van der Waals surface area (Å²) < 4.78 is 5.51. The summed E-state index contributed by atoms with van der Waals surface area (Å²) in [5.41, 5.74) is 1.75. The zero-order valence-corrected chi connectivity index (χ0v) is 13.3. The monoisotopic (exact) mass is 327 g/mol. The van der Waals surface area contributed by atoms with E-state index >= 15 is 0 Å². The fourth-order valence-electron chi connectivity index (χ4n) is 2.33. The number of fused-ring (bicyclic) bond motifs is 1. The van der Waals surface area contributed by atoms with E-state index in [-0.39, 0.29) is 6.61 Å². The van der Waals surface area contributed by atoms with E-state index in [0.29, 0.717) is 6.54 Å². The molecule has 126 valence electrons. The molecule has 7 nitrogen and oxygen atoms in total. The zero-order chi connectivity index (χ0) is 16.6. The van der Waals surface area contributed by atoms with Gasteiger partial charge in [0, 0.05) is 31.5 Å².